The SMILES string of the molecule is CCCC(=O)OC(CC)CC[C@@H]1C2Cc3cccc(OCC(=O)O)c3C[C@H]2C[C@H]1O. The first-order valence-electron chi connectivity index (χ1n) is 11.3. The number of aliphatic hydroxyl groups is 1. The number of aliphatic hydroxyl groups excluding tert-OH is 1. The van der Waals surface area contributed by atoms with Gasteiger partial charge in [0.2, 0.25) is 0 Å². The van der Waals surface area contributed by atoms with E-state index in [1.807, 2.05) is 26.0 Å². The molecule has 2 aliphatic carbocycles. The molecule has 0 spiro atoms. The molecule has 166 valence electrons. The van der Waals surface area contributed by atoms with Gasteiger partial charge in [-0.2, -0.15) is 0 Å². The molecule has 0 aromatic heterocycles. The third-order valence-electron chi connectivity index (χ3n) is 6.73. The molecule has 6 nitrogen and oxygen atoms in total. The van der Waals surface area contributed by atoms with E-state index in [0.29, 0.717) is 24.0 Å². The highest BCUT2D eigenvalue weighted by Gasteiger charge is 2.45. The number of aliphatic carboxylic acids is 1. The van der Waals surface area contributed by atoms with Gasteiger partial charge in [0.05, 0.1) is 6.10 Å². The largest absolute Gasteiger partial charge is 0.482 e. The molecule has 0 radical (unpaired) electrons. The van der Waals surface area contributed by atoms with Gasteiger partial charge in [-0.3, -0.25) is 4.79 Å². The normalized spacial score (nSPS) is 25.8. The Morgan fingerprint density at radius 3 is 2.73 bits per heavy atom. The van der Waals surface area contributed by atoms with Crippen LogP contribution in [0.2, 0.25) is 0 Å². The molecule has 30 heavy (non-hydrogen) atoms. The van der Waals surface area contributed by atoms with E-state index in [4.69, 9.17) is 14.6 Å². The minimum absolute atomic E-state index is 0.0813. The van der Waals surface area contributed by atoms with Crippen LogP contribution in [0.5, 0.6) is 5.75 Å². The van der Waals surface area contributed by atoms with Gasteiger partial charge in [-0.15, -0.1) is 0 Å². The summed E-state index contributed by atoms with van der Waals surface area (Å²) in [5, 5.41) is 19.7. The highest BCUT2D eigenvalue weighted by atomic mass is 16.5. The van der Waals surface area contributed by atoms with E-state index in [1.54, 1.807) is 0 Å². The smallest absolute Gasteiger partial charge is 0.341 e. The summed E-state index contributed by atoms with van der Waals surface area (Å²) in [6, 6.07) is 5.83. The molecule has 2 unspecified atom stereocenters. The average Bonchev–Trinajstić information content (AvgIpc) is 3.02. The number of esters is 1. The third kappa shape index (κ3) is 5.34. The summed E-state index contributed by atoms with van der Waals surface area (Å²) in [6.07, 6.45) is 5.69. The maximum Gasteiger partial charge on any atom is 0.341 e. The van der Waals surface area contributed by atoms with E-state index in [1.165, 1.54) is 5.56 Å². The summed E-state index contributed by atoms with van der Waals surface area (Å²) in [4.78, 5) is 22.7. The topological polar surface area (TPSA) is 93.1 Å². The number of hydrogen-bond donors (Lipinski definition) is 2. The number of hydrogen-bond acceptors (Lipinski definition) is 5. The number of carbonyl (C=O) groups excluding carboxylic acids is 1. The van der Waals surface area contributed by atoms with Crippen LogP contribution in [0.4, 0.5) is 0 Å². The average molecular weight is 419 g/mol. The lowest BCUT2D eigenvalue weighted by molar-refractivity contribution is -0.149. The summed E-state index contributed by atoms with van der Waals surface area (Å²) in [5.74, 6) is 0.504. The monoisotopic (exact) mass is 418 g/mol. The van der Waals surface area contributed by atoms with Crippen LogP contribution in [0, 0.1) is 17.8 Å². The summed E-state index contributed by atoms with van der Waals surface area (Å²) in [5.41, 5.74) is 2.28. The summed E-state index contributed by atoms with van der Waals surface area (Å²) in [7, 11) is 0. The van der Waals surface area contributed by atoms with E-state index in [0.717, 1.165) is 50.5 Å². The highest BCUT2D eigenvalue weighted by Crippen LogP contribution is 2.48. The van der Waals surface area contributed by atoms with Crippen LogP contribution in [0.3, 0.4) is 0 Å². The molecular formula is C24H34O6. The Labute approximate surface area is 178 Å². The quantitative estimate of drug-likeness (QED) is 0.562. The van der Waals surface area contributed by atoms with E-state index >= 15 is 0 Å². The van der Waals surface area contributed by atoms with Crippen LogP contribution < -0.4 is 4.74 Å². The van der Waals surface area contributed by atoms with E-state index < -0.39 is 5.97 Å². The summed E-state index contributed by atoms with van der Waals surface area (Å²) >= 11 is 0. The van der Waals surface area contributed by atoms with Crippen molar-refractivity contribution >= 4 is 11.9 Å². The molecule has 6 heteroatoms. The van der Waals surface area contributed by atoms with Gasteiger partial charge in [0.25, 0.3) is 0 Å². The van der Waals surface area contributed by atoms with E-state index in [9.17, 15) is 14.7 Å². The lowest BCUT2D eigenvalue weighted by Gasteiger charge is -2.32. The van der Waals surface area contributed by atoms with E-state index in [2.05, 4.69) is 6.07 Å². The van der Waals surface area contributed by atoms with Crippen molar-refractivity contribution in [3.05, 3.63) is 29.3 Å². The van der Waals surface area contributed by atoms with Gasteiger partial charge in [-0.25, -0.2) is 4.79 Å². The molecule has 1 aromatic rings. The minimum Gasteiger partial charge on any atom is -0.482 e. The summed E-state index contributed by atoms with van der Waals surface area (Å²) < 4.78 is 11.1. The Bertz CT molecular complexity index is 745. The van der Waals surface area contributed by atoms with Gasteiger partial charge in [0.1, 0.15) is 11.9 Å². The molecule has 1 fully saturated rings. The molecule has 1 saturated carbocycles. The zero-order valence-corrected chi connectivity index (χ0v) is 18.0. The van der Waals surface area contributed by atoms with Gasteiger partial charge >= 0.3 is 11.9 Å². The van der Waals surface area contributed by atoms with Crippen molar-refractivity contribution in [3.8, 4) is 5.75 Å². The number of carboxylic acid groups (broad SMARTS) is 1. The van der Waals surface area contributed by atoms with Crippen LogP contribution in [-0.2, 0) is 27.2 Å². The molecule has 0 amide bonds. The second-order valence-corrected chi connectivity index (χ2v) is 8.72. The fourth-order valence-corrected chi connectivity index (χ4v) is 5.25. The molecular weight excluding hydrogens is 384 g/mol. The van der Waals surface area contributed by atoms with Crippen molar-refractivity contribution in [1.82, 2.24) is 0 Å². The van der Waals surface area contributed by atoms with Gasteiger partial charge < -0.3 is 19.7 Å². The highest BCUT2D eigenvalue weighted by molar-refractivity contribution is 5.69. The first kappa shape index (κ1) is 22.6. The van der Waals surface area contributed by atoms with Crippen molar-refractivity contribution in [2.24, 2.45) is 17.8 Å². The van der Waals surface area contributed by atoms with Crippen molar-refractivity contribution in [2.75, 3.05) is 6.61 Å². The predicted octanol–water partition coefficient (Wildman–Crippen LogP) is 3.76. The standard InChI is InChI=1S/C24H34O6/c1-3-6-24(28)30-17(4-2)9-10-18-19-11-15-7-5-8-22(29-14-23(26)27)20(15)12-16(19)13-21(18)25/h5,7-8,16-19,21,25H,3-4,6,9-14H2,1-2H3,(H,26,27)/t16-,17?,18+,19?,21+/m0/s1. The van der Waals surface area contributed by atoms with Crippen LogP contribution in [0.1, 0.15) is 63.5 Å². The Balaban J connectivity index is 1.65. The third-order valence-corrected chi connectivity index (χ3v) is 6.73. The number of carboxylic acids is 1. The Morgan fingerprint density at radius 2 is 2.03 bits per heavy atom. The van der Waals surface area contributed by atoms with Crippen LogP contribution in [0.15, 0.2) is 18.2 Å². The number of benzene rings is 1. The first-order valence-corrected chi connectivity index (χ1v) is 11.3. The number of fused-ring (bicyclic) bond motifs is 2. The molecule has 0 heterocycles. The Kier molecular flexibility index (Phi) is 7.75. The van der Waals surface area contributed by atoms with E-state index in [-0.39, 0.29) is 30.7 Å². The summed E-state index contributed by atoms with van der Waals surface area (Å²) in [6.45, 7) is 3.66. The van der Waals surface area contributed by atoms with Crippen LogP contribution in [-0.4, -0.2) is 41.0 Å². The zero-order valence-electron chi connectivity index (χ0n) is 18.0. The fraction of sp³-hybridized carbons (Fsp3) is 0.667. The zero-order chi connectivity index (χ0) is 21.7. The predicted molar refractivity (Wildman–Crippen MR) is 112 cm³/mol. The van der Waals surface area contributed by atoms with Crippen molar-refractivity contribution < 1.29 is 29.3 Å². The lowest BCUT2D eigenvalue weighted by Crippen LogP contribution is -2.28. The van der Waals surface area contributed by atoms with Gasteiger partial charge in [0.15, 0.2) is 6.61 Å². The van der Waals surface area contributed by atoms with Gasteiger partial charge in [0, 0.05) is 6.42 Å². The number of rotatable bonds is 10. The molecule has 3 rings (SSSR count). The van der Waals surface area contributed by atoms with Gasteiger partial charge in [-0.1, -0.05) is 26.0 Å². The molecule has 0 bridgehead atoms. The number of carbonyl (C=O) groups is 2. The Hall–Kier alpha value is -2.08. The van der Waals surface area contributed by atoms with Crippen LogP contribution >= 0.6 is 0 Å². The molecule has 5 atom stereocenters. The molecule has 0 saturated heterocycles. The minimum atomic E-state index is -0.984. The maximum atomic E-state index is 11.8. The van der Waals surface area contributed by atoms with Crippen molar-refractivity contribution in [3.63, 3.8) is 0 Å². The fourth-order valence-electron chi connectivity index (χ4n) is 5.25. The van der Waals surface area contributed by atoms with Crippen molar-refractivity contribution in [1.29, 1.82) is 0 Å². The second-order valence-electron chi connectivity index (χ2n) is 8.72. The Morgan fingerprint density at radius 1 is 1.23 bits per heavy atom. The second kappa shape index (κ2) is 10.3. The molecule has 2 aliphatic rings. The molecule has 1 aromatic carbocycles. The maximum absolute atomic E-state index is 11.8. The molecule has 0 aliphatic heterocycles. The van der Waals surface area contributed by atoms with Gasteiger partial charge in [-0.05, 0) is 79.9 Å². The molecule has 2 N–H and O–H groups in total. The number of ether oxygens (including phenoxy) is 2. The van der Waals surface area contributed by atoms with Crippen LogP contribution in [0.25, 0.3) is 0 Å². The lowest BCUT2D eigenvalue weighted by atomic mass is 9.73. The van der Waals surface area contributed by atoms with Crippen molar-refractivity contribution in [2.45, 2.75) is 77.4 Å². The first-order chi connectivity index (χ1) is 14.4.